The van der Waals surface area contributed by atoms with Gasteiger partial charge >= 0.3 is 12.1 Å². The predicted octanol–water partition coefficient (Wildman–Crippen LogP) is 9.06. The van der Waals surface area contributed by atoms with E-state index in [4.69, 9.17) is 43.6 Å². The van der Waals surface area contributed by atoms with E-state index in [-0.39, 0.29) is 146 Å². The van der Waals surface area contributed by atoms with Crippen LogP contribution in [-0.4, -0.2) is 188 Å². The third kappa shape index (κ3) is 18.7. The highest BCUT2D eigenvalue weighted by Gasteiger charge is 2.80. The van der Waals surface area contributed by atoms with Gasteiger partial charge in [0.2, 0.25) is 29.4 Å². The summed E-state index contributed by atoms with van der Waals surface area (Å²) >= 11 is 0. The maximum Gasteiger partial charge on any atom is 0.411 e. The molecular formula is C82H102F2N10O18. The van der Waals surface area contributed by atoms with Crippen molar-refractivity contribution < 1.29 is 94.9 Å². The van der Waals surface area contributed by atoms with Gasteiger partial charge in [0.05, 0.1) is 89.0 Å². The van der Waals surface area contributed by atoms with Crippen molar-refractivity contribution in [2.45, 2.75) is 160 Å². The van der Waals surface area contributed by atoms with Crippen molar-refractivity contribution in [3.63, 3.8) is 0 Å². The number of aryl methyl sites for hydroxylation is 1. The van der Waals surface area contributed by atoms with Gasteiger partial charge in [-0.3, -0.25) is 38.9 Å². The van der Waals surface area contributed by atoms with Gasteiger partial charge in [-0.05, 0) is 129 Å². The van der Waals surface area contributed by atoms with Gasteiger partial charge in [0.25, 0.3) is 0 Å². The van der Waals surface area contributed by atoms with Crippen LogP contribution in [0, 0.1) is 34.5 Å². The van der Waals surface area contributed by atoms with Crippen LogP contribution >= 0.6 is 0 Å². The Balaban J connectivity index is 0.550. The zero-order chi connectivity index (χ0) is 79.9. The number of ketones is 3. The lowest BCUT2D eigenvalue weighted by Gasteiger charge is -2.63. The molecule has 7 amide bonds. The number of Topliss-reactive ketones (excluding diaryl/α,β-unsaturated/α-hetero) is 2. The number of aliphatic hydroxyl groups excluding tert-OH is 1. The van der Waals surface area contributed by atoms with Gasteiger partial charge < -0.3 is 74.9 Å². The minimum Gasteiger partial charge on any atom is -0.486 e. The molecule has 0 bridgehead atoms. The van der Waals surface area contributed by atoms with Crippen LogP contribution in [0.3, 0.4) is 0 Å². The number of rotatable bonds is 38. The van der Waals surface area contributed by atoms with Gasteiger partial charge in [-0.2, -0.15) is 0 Å². The number of para-hydroxylation sites is 1. The highest BCUT2D eigenvalue weighted by molar-refractivity contribution is 6.03. The third-order valence-electron chi connectivity index (χ3n) is 22.5. The zero-order valence-electron chi connectivity index (χ0n) is 64.1. The highest BCUT2D eigenvalue weighted by Crippen LogP contribution is 2.72. The second-order valence-corrected chi connectivity index (χ2v) is 30.1. The fraction of sp³-hybridized carbons (Fsp3) is 0.524. The summed E-state index contributed by atoms with van der Waals surface area (Å²) < 4.78 is 82.9. The van der Waals surface area contributed by atoms with E-state index >= 15 is 8.78 Å². The lowest BCUT2D eigenvalue weighted by atomic mass is 9.44. The van der Waals surface area contributed by atoms with Crippen molar-refractivity contribution in [1.29, 1.82) is 0 Å². The number of nitrogens with zero attached hydrogens (tertiary/aromatic N) is 4. The summed E-state index contributed by atoms with van der Waals surface area (Å²) in [5.41, 5.74) is 4.67. The number of carbonyl (C=O) groups is 9. The van der Waals surface area contributed by atoms with Crippen LogP contribution < -0.4 is 42.0 Å². The molecule has 3 saturated carbocycles. The molecule has 12 atom stereocenters. The number of amides is 7. The third-order valence-corrected chi connectivity index (χ3v) is 22.5. The van der Waals surface area contributed by atoms with Crippen LogP contribution in [0.5, 0.6) is 5.75 Å². The van der Waals surface area contributed by atoms with Crippen molar-refractivity contribution >= 4 is 70.2 Å². The number of nitrogens with two attached hydrogens (primary N) is 1. The standard InChI is InChI=1S/C82H102F2N10O18/c1-7-13-72-111-68-45-60-61-44-63(83)62-43-56(95)29-31-79(62,4)81(61,84)66(97)46-80(60,5)82(68,112-72)67(98)49-109-57-25-23-55(24-26-57)89-78(104)110-48-51-19-21-54(22-20-51)88-76(102)52(15-12-32-87-77(85)103)42-65(96)73(50(2)3)90-70(100)30-34-105-36-38-107-40-41-108-39-37-106-35-33-86-69(99)27-28-71(101)94-47-53-14-8-9-16-58(53)75-74(91-92-93(75)6)59-17-10-11-18-64(59)94/h8-11,14,16-26,29,31,43,50,52,60-61,63,66,68,72-73,97H,7,12-13,15,27-28,30,32-42,44-49H2,1-6H3,(H,86,99)(H,88,102)(H,89,104)(H,90,100)(H3,85,87,103)/t52-,60+,61+,63+,66+,68-,72?,73+,79+,80+,81+,82-/m1/s1. The molecule has 4 aromatic carbocycles. The first-order valence-electron chi connectivity index (χ1n) is 38.5. The van der Waals surface area contributed by atoms with Crippen LogP contribution in [0.25, 0.3) is 22.5 Å². The van der Waals surface area contributed by atoms with Gasteiger partial charge in [0.1, 0.15) is 30.8 Å². The lowest BCUT2D eigenvalue weighted by Crippen LogP contribution is -2.71. The number of hydrogen-bond acceptors (Lipinski definition) is 20. The van der Waals surface area contributed by atoms with E-state index in [9.17, 15) is 48.3 Å². The second kappa shape index (κ2) is 37.3. The molecule has 1 unspecified atom stereocenters. The molecule has 0 radical (unpaired) electrons. The van der Waals surface area contributed by atoms with E-state index in [0.29, 0.717) is 67.3 Å². The molecular weight excluding hydrogens is 1450 g/mol. The molecule has 1 saturated heterocycles. The predicted molar refractivity (Wildman–Crippen MR) is 407 cm³/mol. The Morgan fingerprint density at radius 1 is 0.777 bits per heavy atom. The SMILES string of the molecule is CCCC1O[C@@H]2C[C@H]3[C@@H]4C[C@H](F)C5=CC(=O)C=C[C@]5(C)[C@@]4(F)[C@@H](O)C[C@]3(C)[C@]2(C(=O)COc2ccc(NC(=O)OCc3ccc(NC(=O)[C@H](CCCNC(N)=O)CC(=O)[C@@H](NC(=O)CCOCCOCCOCCOCCNC(=O)CCC(=O)N4Cc5ccccc5-c5c(nnn5C)-c5ccccc54)C(C)C)cc3)cc2)O1. The normalized spacial score (nSPS) is 24.4. The van der Waals surface area contributed by atoms with Gasteiger partial charge in [-0.25, -0.2) is 23.1 Å². The molecule has 6 aliphatic rings. The molecule has 11 rings (SSSR count). The van der Waals surface area contributed by atoms with Gasteiger partial charge in [-0.1, -0.05) is 100 Å². The lowest BCUT2D eigenvalue weighted by molar-refractivity contribution is -0.234. The summed E-state index contributed by atoms with van der Waals surface area (Å²) in [6.45, 7) is 10.8. The Kier molecular flexibility index (Phi) is 27.7. The number of carbonyl (C=O) groups excluding carboxylic acids is 9. The Morgan fingerprint density at radius 2 is 1.45 bits per heavy atom. The zero-order valence-corrected chi connectivity index (χ0v) is 64.1. The minimum absolute atomic E-state index is 0.00294. The average molecular weight is 1550 g/mol. The fourth-order valence-corrected chi connectivity index (χ4v) is 16.9. The molecule has 602 valence electrons. The number of benzene rings is 4. The topological polar surface area (TPSA) is 368 Å². The maximum absolute atomic E-state index is 18.0. The molecule has 28 nitrogen and oxygen atoms in total. The number of halogens is 2. The Bertz CT molecular complexity index is 4270. The molecule has 4 fully saturated rings. The quantitative estimate of drug-likeness (QED) is 0.0181. The number of anilines is 3. The first kappa shape index (κ1) is 83.3. The van der Waals surface area contributed by atoms with E-state index in [1.165, 1.54) is 19.1 Å². The number of aromatic nitrogens is 3. The van der Waals surface area contributed by atoms with E-state index in [1.807, 2.05) is 62.5 Å². The number of hydrogen-bond donors (Lipinski definition) is 7. The van der Waals surface area contributed by atoms with Gasteiger partial charge in [-0.15, -0.1) is 5.10 Å². The van der Waals surface area contributed by atoms with Crippen molar-refractivity contribution in [1.82, 2.24) is 30.9 Å². The van der Waals surface area contributed by atoms with E-state index in [2.05, 4.69) is 36.9 Å². The number of fused-ring (bicyclic) bond motifs is 12. The Labute approximate surface area is 649 Å². The van der Waals surface area contributed by atoms with Crippen LogP contribution in [0.4, 0.5) is 35.4 Å². The smallest absolute Gasteiger partial charge is 0.411 e. The van der Waals surface area contributed by atoms with Crippen molar-refractivity contribution in [2.24, 2.45) is 47.3 Å². The number of nitrogens with one attached hydrogen (secondary N) is 5. The van der Waals surface area contributed by atoms with Crippen LogP contribution in [0.1, 0.15) is 116 Å². The first-order valence-corrected chi connectivity index (χ1v) is 38.5. The minimum atomic E-state index is -2.35. The molecule has 4 aliphatic carbocycles. The number of aliphatic hydroxyl groups is 1. The van der Waals surface area contributed by atoms with Crippen molar-refractivity contribution in [3.8, 4) is 28.3 Å². The summed E-state index contributed by atoms with van der Waals surface area (Å²) in [5.74, 6) is -5.26. The Hall–Kier alpha value is -9.69. The monoisotopic (exact) mass is 1550 g/mol. The molecule has 3 heterocycles. The summed E-state index contributed by atoms with van der Waals surface area (Å²) in [7, 11) is 1.85. The molecule has 1 aromatic heterocycles. The van der Waals surface area contributed by atoms with Crippen molar-refractivity contribution in [2.75, 3.05) is 88.1 Å². The number of urea groups is 1. The first-order chi connectivity index (χ1) is 53.8. The number of alkyl halides is 2. The highest BCUT2D eigenvalue weighted by atomic mass is 19.1. The molecule has 0 spiro atoms. The number of primary amides is 1. The molecule has 8 N–H and O–H groups in total. The summed E-state index contributed by atoms with van der Waals surface area (Å²) in [6, 6.07) is 26.5. The van der Waals surface area contributed by atoms with E-state index in [0.717, 1.165) is 28.5 Å². The fourth-order valence-electron chi connectivity index (χ4n) is 16.9. The molecule has 112 heavy (non-hydrogen) atoms. The largest absolute Gasteiger partial charge is 0.486 e. The summed E-state index contributed by atoms with van der Waals surface area (Å²) in [4.78, 5) is 121. The Morgan fingerprint density at radius 3 is 2.15 bits per heavy atom. The van der Waals surface area contributed by atoms with Gasteiger partial charge in [0, 0.05) is 91.0 Å². The van der Waals surface area contributed by atoms with Crippen LogP contribution in [-0.2, 0) is 86.9 Å². The number of ether oxygens (including phenoxy) is 8. The summed E-state index contributed by atoms with van der Waals surface area (Å²) in [6.07, 6.45) is -0.835. The molecule has 2 aliphatic heterocycles. The van der Waals surface area contributed by atoms with E-state index in [1.54, 1.807) is 78.9 Å². The van der Waals surface area contributed by atoms with Crippen LogP contribution in [0.2, 0.25) is 0 Å². The molecule has 30 heteroatoms. The second-order valence-electron chi connectivity index (χ2n) is 30.1. The van der Waals surface area contributed by atoms with Crippen LogP contribution in [0.15, 0.2) is 121 Å². The average Bonchev–Trinajstić information content (AvgIpc) is 1.44. The number of allylic oxidation sites excluding steroid dienone is 4. The van der Waals surface area contributed by atoms with Crippen molar-refractivity contribution in [3.05, 3.63) is 132 Å². The molecule has 5 aromatic rings. The van der Waals surface area contributed by atoms with E-state index < -0.39 is 113 Å². The maximum atomic E-state index is 18.0. The van der Waals surface area contributed by atoms with Gasteiger partial charge in [0.15, 0.2) is 29.1 Å². The summed E-state index contributed by atoms with van der Waals surface area (Å²) in [5, 5.41) is 34.3.